The molecule has 1 unspecified atom stereocenters. The third kappa shape index (κ3) is 3.69. The zero-order chi connectivity index (χ0) is 19.8. The zero-order valence-corrected chi connectivity index (χ0v) is 14.8. The van der Waals surface area contributed by atoms with E-state index in [2.05, 4.69) is 10.2 Å². The second kappa shape index (κ2) is 6.86. The molecule has 2 N–H and O–H groups in total. The third-order valence-corrected chi connectivity index (χ3v) is 4.89. The first-order chi connectivity index (χ1) is 12.7. The number of benzene rings is 2. The number of carboxylic acid groups (broad SMARTS) is 1. The van der Waals surface area contributed by atoms with Gasteiger partial charge in [0.25, 0.3) is 10.1 Å². The van der Waals surface area contributed by atoms with Gasteiger partial charge in [-0.15, -0.1) is 0 Å². The number of fused-ring (bicyclic) bond motifs is 1. The molecule has 0 heterocycles. The van der Waals surface area contributed by atoms with Gasteiger partial charge in [-0.2, -0.15) is 18.6 Å². The SMILES string of the molecule is Cc1ccc(N=NC2C(=O)C(C(=O)O)=Cc3ccccc32)c(S(=O)(=O)O)c1. The van der Waals surface area contributed by atoms with E-state index in [9.17, 15) is 27.7 Å². The molecule has 0 saturated heterocycles. The van der Waals surface area contributed by atoms with Crippen LogP contribution < -0.4 is 0 Å². The van der Waals surface area contributed by atoms with E-state index in [-0.39, 0.29) is 5.69 Å². The Hall–Kier alpha value is -3.17. The lowest BCUT2D eigenvalue weighted by Crippen LogP contribution is -2.22. The summed E-state index contributed by atoms with van der Waals surface area (Å²) >= 11 is 0. The van der Waals surface area contributed by atoms with Crippen LogP contribution in [0, 0.1) is 6.92 Å². The lowest BCUT2D eigenvalue weighted by atomic mass is 9.87. The molecule has 138 valence electrons. The maximum absolute atomic E-state index is 12.5. The second-order valence-electron chi connectivity index (χ2n) is 5.92. The van der Waals surface area contributed by atoms with Crippen molar-refractivity contribution in [2.45, 2.75) is 17.9 Å². The van der Waals surface area contributed by atoms with E-state index in [1.165, 1.54) is 18.2 Å². The first-order valence-electron chi connectivity index (χ1n) is 7.75. The number of aliphatic carboxylic acids is 1. The summed E-state index contributed by atoms with van der Waals surface area (Å²) in [6.07, 6.45) is 1.27. The number of rotatable bonds is 4. The van der Waals surface area contributed by atoms with Crippen molar-refractivity contribution in [2.75, 3.05) is 0 Å². The first kappa shape index (κ1) is 18.6. The molecule has 2 aromatic rings. The Kier molecular flexibility index (Phi) is 4.73. The van der Waals surface area contributed by atoms with Gasteiger partial charge in [0.05, 0.1) is 0 Å². The number of aryl methyl sites for hydroxylation is 1. The molecule has 0 fully saturated rings. The van der Waals surface area contributed by atoms with Gasteiger partial charge in [0, 0.05) is 0 Å². The van der Waals surface area contributed by atoms with E-state index in [1.54, 1.807) is 37.3 Å². The molecule has 0 saturated carbocycles. The summed E-state index contributed by atoms with van der Waals surface area (Å²) in [5, 5.41) is 17.0. The zero-order valence-electron chi connectivity index (χ0n) is 14.0. The van der Waals surface area contributed by atoms with Crippen LogP contribution in [-0.4, -0.2) is 29.8 Å². The predicted octanol–water partition coefficient (Wildman–Crippen LogP) is 3.12. The normalized spacial score (nSPS) is 16.9. The van der Waals surface area contributed by atoms with Crippen LogP contribution in [-0.2, 0) is 19.7 Å². The van der Waals surface area contributed by atoms with Crippen LogP contribution in [0.3, 0.4) is 0 Å². The number of carbonyl (C=O) groups is 2. The number of Topliss-reactive ketones (excluding diaryl/α,β-unsaturated/α-hetero) is 1. The molecule has 0 bridgehead atoms. The number of hydrogen-bond donors (Lipinski definition) is 2. The maximum Gasteiger partial charge on any atom is 0.339 e. The Balaban J connectivity index is 2.09. The van der Waals surface area contributed by atoms with Gasteiger partial charge in [0.2, 0.25) is 5.78 Å². The highest BCUT2D eigenvalue weighted by atomic mass is 32.2. The molecule has 0 radical (unpaired) electrons. The molecule has 1 aliphatic rings. The van der Waals surface area contributed by atoms with Gasteiger partial charge in [0.15, 0.2) is 6.04 Å². The van der Waals surface area contributed by atoms with Crippen molar-refractivity contribution in [3.8, 4) is 0 Å². The Morgan fingerprint density at radius 3 is 2.52 bits per heavy atom. The Labute approximate surface area is 154 Å². The highest BCUT2D eigenvalue weighted by molar-refractivity contribution is 7.86. The molecule has 8 nitrogen and oxygen atoms in total. The predicted molar refractivity (Wildman–Crippen MR) is 95.3 cm³/mol. The monoisotopic (exact) mass is 386 g/mol. The van der Waals surface area contributed by atoms with Gasteiger partial charge < -0.3 is 5.11 Å². The van der Waals surface area contributed by atoms with Crippen LogP contribution in [0.2, 0.25) is 0 Å². The van der Waals surface area contributed by atoms with Gasteiger partial charge in [0.1, 0.15) is 16.2 Å². The van der Waals surface area contributed by atoms with Crippen LogP contribution in [0.4, 0.5) is 5.69 Å². The molecule has 1 aliphatic carbocycles. The second-order valence-corrected chi connectivity index (χ2v) is 7.31. The molecule has 9 heteroatoms. The van der Waals surface area contributed by atoms with Crippen LogP contribution in [0.15, 0.2) is 63.2 Å². The van der Waals surface area contributed by atoms with Crippen LogP contribution in [0.5, 0.6) is 0 Å². The van der Waals surface area contributed by atoms with Crippen molar-refractivity contribution in [2.24, 2.45) is 10.2 Å². The van der Waals surface area contributed by atoms with Crippen molar-refractivity contribution in [1.82, 2.24) is 0 Å². The summed E-state index contributed by atoms with van der Waals surface area (Å²) in [7, 11) is -4.55. The minimum Gasteiger partial charge on any atom is -0.478 e. The highest BCUT2D eigenvalue weighted by Gasteiger charge is 2.33. The number of carboxylic acids is 1. The fraction of sp³-hybridized carbons (Fsp3) is 0.111. The van der Waals surface area contributed by atoms with E-state index < -0.39 is 38.4 Å². The molecule has 0 amide bonds. The fourth-order valence-corrected chi connectivity index (χ4v) is 3.43. The molecule has 27 heavy (non-hydrogen) atoms. The van der Waals surface area contributed by atoms with Crippen LogP contribution in [0.1, 0.15) is 22.7 Å². The van der Waals surface area contributed by atoms with Gasteiger partial charge in [-0.3, -0.25) is 9.35 Å². The molecule has 3 rings (SSSR count). The molecule has 0 aromatic heterocycles. The fourth-order valence-electron chi connectivity index (χ4n) is 2.72. The largest absolute Gasteiger partial charge is 0.478 e. The number of hydrogen-bond acceptors (Lipinski definition) is 6. The lowest BCUT2D eigenvalue weighted by molar-refractivity contribution is -0.134. The van der Waals surface area contributed by atoms with Crippen molar-refractivity contribution >= 4 is 33.6 Å². The van der Waals surface area contributed by atoms with Gasteiger partial charge >= 0.3 is 5.97 Å². The van der Waals surface area contributed by atoms with Gasteiger partial charge in [-0.1, -0.05) is 30.3 Å². The third-order valence-electron chi connectivity index (χ3n) is 4.01. The quantitative estimate of drug-likeness (QED) is 0.471. The molecule has 0 aliphatic heterocycles. The molecular formula is C18H14N2O6S. The van der Waals surface area contributed by atoms with E-state index >= 15 is 0 Å². The van der Waals surface area contributed by atoms with Crippen LogP contribution >= 0.6 is 0 Å². The van der Waals surface area contributed by atoms with Gasteiger partial charge in [-0.25, -0.2) is 4.79 Å². The summed E-state index contributed by atoms with van der Waals surface area (Å²) in [6, 6.07) is 9.53. The average molecular weight is 386 g/mol. The maximum atomic E-state index is 12.5. The first-order valence-corrected chi connectivity index (χ1v) is 9.19. The van der Waals surface area contributed by atoms with Crippen molar-refractivity contribution < 1.29 is 27.7 Å². The number of azo groups is 1. The summed E-state index contributed by atoms with van der Waals surface area (Å²) in [4.78, 5) is 23.4. The number of ketones is 1. The number of carbonyl (C=O) groups excluding carboxylic acids is 1. The average Bonchev–Trinajstić information content (AvgIpc) is 2.60. The van der Waals surface area contributed by atoms with E-state index in [0.717, 1.165) is 0 Å². The minimum atomic E-state index is -4.55. The Morgan fingerprint density at radius 1 is 1.15 bits per heavy atom. The molecule has 2 aromatic carbocycles. The van der Waals surface area contributed by atoms with Crippen molar-refractivity contribution in [1.29, 1.82) is 0 Å². The van der Waals surface area contributed by atoms with E-state index in [0.29, 0.717) is 16.7 Å². The number of nitrogens with zero attached hydrogens (tertiary/aromatic N) is 2. The summed E-state index contributed by atoms with van der Waals surface area (Å²) in [5.41, 5.74) is 0.960. The summed E-state index contributed by atoms with van der Waals surface area (Å²) in [6.45, 7) is 1.64. The highest BCUT2D eigenvalue weighted by Crippen LogP contribution is 2.34. The minimum absolute atomic E-state index is 0.153. The standard InChI is InChI=1S/C18H14N2O6S/c1-10-6-7-14(15(8-10)27(24,25)26)19-20-16-12-5-3-2-4-11(12)9-13(17(16)21)18(22)23/h2-9,16H,1H3,(H,22,23)(H,24,25,26). The Morgan fingerprint density at radius 2 is 1.85 bits per heavy atom. The molecule has 1 atom stereocenters. The summed E-state index contributed by atoms with van der Waals surface area (Å²) in [5.74, 6) is -2.14. The smallest absolute Gasteiger partial charge is 0.339 e. The van der Waals surface area contributed by atoms with E-state index in [4.69, 9.17) is 0 Å². The van der Waals surface area contributed by atoms with E-state index in [1.807, 2.05) is 0 Å². The van der Waals surface area contributed by atoms with Crippen LogP contribution in [0.25, 0.3) is 6.08 Å². The molecule has 0 spiro atoms. The van der Waals surface area contributed by atoms with Gasteiger partial charge in [-0.05, 0) is 41.8 Å². The molecular weight excluding hydrogens is 372 g/mol. The topological polar surface area (TPSA) is 133 Å². The van der Waals surface area contributed by atoms with Crippen molar-refractivity contribution in [3.63, 3.8) is 0 Å². The van der Waals surface area contributed by atoms with Crippen molar-refractivity contribution in [3.05, 3.63) is 64.7 Å². The Bertz CT molecular complexity index is 1120. The summed E-state index contributed by atoms with van der Waals surface area (Å²) < 4.78 is 32.5. The lowest BCUT2D eigenvalue weighted by Gasteiger charge is -2.19.